The number of halogens is 1. The molecule has 6 nitrogen and oxygen atoms in total. The average molecular weight is 386 g/mol. The first-order valence-corrected chi connectivity index (χ1v) is 10.0. The van der Waals surface area contributed by atoms with Gasteiger partial charge in [-0.3, -0.25) is 4.79 Å². The molecule has 0 spiro atoms. The van der Waals surface area contributed by atoms with Crippen molar-refractivity contribution in [1.82, 2.24) is 9.29 Å². The van der Waals surface area contributed by atoms with Crippen molar-refractivity contribution in [2.24, 2.45) is 0 Å². The van der Waals surface area contributed by atoms with Crippen molar-refractivity contribution in [3.63, 3.8) is 0 Å². The van der Waals surface area contributed by atoms with Gasteiger partial charge in [0, 0.05) is 23.4 Å². The highest BCUT2D eigenvalue weighted by atomic mass is 35.5. The molecule has 1 aliphatic carbocycles. The Morgan fingerprint density at radius 2 is 2.04 bits per heavy atom. The number of hydrogen-bond acceptors (Lipinski definition) is 5. The Morgan fingerprint density at radius 3 is 2.67 bits per heavy atom. The van der Waals surface area contributed by atoms with E-state index < -0.39 is 15.9 Å². The third kappa shape index (κ3) is 3.94. The number of thiazole rings is 1. The molecule has 1 heterocycles. The van der Waals surface area contributed by atoms with E-state index in [0.29, 0.717) is 16.1 Å². The van der Waals surface area contributed by atoms with Crippen LogP contribution in [0.25, 0.3) is 0 Å². The van der Waals surface area contributed by atoms with Gasteiger partial charge in [-0.25, -0.2) is 13.4 Å². The van der Waals surface area contributed by atoms with E-state index in [4.69, 9.17) is 11.6 Å². The summed E-state index contributed by atoms with van der Waals surface area (Å²) in [5.41, 5.74) is 0.998. The van der Waals surface area contributed by atoms with Crippen molar-refractivity contribution in [2.45, 2.75) is 23.7 Å². The Morgan fingerprint density at radius 1 is 1.38 bits per heavy atom. The van der Waals surface area contributed by atoms with Crippen LogP contribution in [-0.4, -0.2) is 37.2 Å². The summed E-state index contributed by atoms with van der Waals surface area (Å²) in [6.45, 7) is -0.288. The quantitative estimate of drug-likeness (QED) is 0.829. The van der Waals surface area contributed by atoms with Gasteiger partial charge in [0.25, 0.3) is 0 Å². The van der Waals surface area contributed by atoms with E-state index in [1.807, 2.05) is 5.38 Å². The van der Waals surface area contributed by atoms with E-state index in [2.05, 4.69) is 10.3 Å². The molecule has 0 aliphatic heterocycles. The standard InChI is InChI=1S/C15H16ClN3O3S2/c1-19(24(21,22)12-6-4-11(16)5-7-12)8-14(20)18-15-17-13(9-23-15)10-2-3-10/h4-7,9-10H,2-3,8H2,1H3,(H,17,18,20). The lowest BCUT2D eigenvalue weighted by Crippen LogP contribution is -2.34. The average Bonchev–Trinajstić information content (AvgIpc) is 3.28. The van der Waals surface area contributed by atoms with Gasteiger partial charge in [-0.2, -0.15) is 4.31 Å². The molecular weight excluding hydrogens is 370 g/mol. The second-order valence-electron chi connectivity index (χ2n) is 5.61. The van der Waals surface area contributed by atoms with Crippen molar-refractivity contribution in [3.05, 3.63) is 40.4 Å². The summed E-state index contributed by atoms with van der Waals surface area (Å²) in [5.74, 6) is 0.0894. The molecule has 1 aromatic heterocycles. The predicted molar refractivity (Wildman–Crippen MR) is 94.0 cm³/mol. The number of hydrogen-bond donors (Lipinski definition) is 1. The number of aromatic nitrogens is 1. The summed E-state index contributed by atoms with van der Waals surface area (Å²) in [6, 6.07) is 5.82. The van der Waals surface area contributed by atoms with Crippen LogP contribution in [-0.2, 0) is 14.8 Å². The largest absolute Gasteiger partial charge is 0.301 e. The van der Waals surface area contributed by atoms with Gasteiger partial charge in [-0.15, -0.1) is 11.3 Å². The molecule has 0 saturated heterocycles. The van der Waals surface area contributed by atoms with Gasteiger partial charge in [-0.1, -0.05) is 11.6 Å². The molecule has 1 amide bonds. The first-order valence-electron chi connectivity index (χ1n) is 7.33. The zero-order valence-electron chi connectivity index (χ0n) is 12.9. The SMILES string of the molecule is CN(CC(=O)Nc1nc(C2CC2)cs1)S(=O)(=O)c1ccc(Cl)cc1. The van der Waals surface area contributed by atoms with E-state index in [0.717, 1.165) is 22.8 Å². The van der Waals surface area contributed by atoms with Crippen LogP contribution in [0.3, 0.4) is 0 Å². The lowest BCUT2D eigenvalue weighted by molar-refractivity contribution is -0.116. The molecule has 1 saturated carbocycles. The van der Waals surface area contributed by atoms with Gasteiger partial charge in [0.05, 0.1) is 17.1 Å². The minimum Gasteiger partial charge on any atom is -0.301 e. The molecule has 1 N–H and O–H groups in total. The minimum absolute atomic E-state index is 0.0902. The fourth-order valence-electron chi connectivity index (χ4n) is 2.14. The van der Waals surface area contributed by atoms with Crippen LogP contribution in [0, 0.1) is 0 Å². The van der Waals surface area contributed by atoms with Crippen LogP contribution < -0.4 is 5.32 Å². The summed E-state index contributed by atoms with van der Waals surface area (Å²) in [5, 5.41) is 5.53. The lowest BCUT2D eigenvalue weighted by atomic mass is 10.3. The van der Waals surface area contributed by atoms with E-state index >= 15 is 0 Å². The summed E-state index contributed by atoms with van der Waals surface area (Å²) in [6.07, 6.45) is 2.28. The van der Waals surface area contributed by atoms with Gasteiger partial charge in [-0.05, 0) is 37.1 Å². The third-order valence-electron chi connectivity index (χ3n) is 3.65. The molecule has 24 heavy (non-hydrogen) atoms. The number of amides is 1. The maximum absolute atomic E-state index is 12.4. The fourth-order valence-corrected chi connectivity index (χ4v) is 4.20. The zero-order valence-corrected chi connectivity index (χ0v) is 15.3. The van der Waals surface area contributed by atoms with Gasteiger partial charge in [0.15, 0.2) is 5.13 Å². The topological polar surface area (TPSA) is 79.4 Å². The van der Waals surface area contributed by atoms with Crippen molar-refractivity contribution in [2.75, 3.05) is 18.9 Å². The lowest BCUT2D eigenvalue weighted by Gasteiger charge is -2.16. The van der Waals surface area contributed by atoms with Gasteiger partial charge in [0.2, 0.25) is 15.9 Å². The minimum atomic E-state index is -3.74. The summed E-state index contributed by atoms with van der Waals surface area (Å²) in [4.78, 5) is 16.5. The van der Waals surface area contributed by atoms with Crippen molar-refractivity contribution >= 4 is 44.0 Å². The van der Waals surface area contributed by atoms with E-state index in [1.165, 1.54) is 42.6 Å². The molecule has 9 heteroatoms. The normalized spacial score (nSPS) is 14.8. The van der Waals surface area contributed by atoms with E-state index in [-0.39, 0.29) is 11.4 Å². The van der Waals surface area contributed by atoms with Gasteiger partial charge < -0.3 is 5.32 Å². The van der Waals surface area contributed by atoms with Crippen molar-refractivity contribution < 1.29 is 13.2 Å². The van der Waals surface area contributed by atoms with Gasteiger partial charge >= 0.3 is 0 Å². The first-order chi connectivity index (χ1) is 11.4. The molecule has 0 atom stereocenters. The fraction of sp³-hybridized carbons (Fsp3) is 0.333. The molecule has 3 rings (SSSR count). The maximum Gasteiger partial charge on any atom is 0.243 e. The number of anilines is 1. The highest BCUT2D eigenvalue weighted by molar-refractivity contribution is 7.89. The van der Waals surface area contributed by atoms with Crippen LogP contribution in [0.4, 0.5) is 5.13 Å². The number of benzene rings is 1. The second kappa shape index (κ2) is 6.79. The first kappa shape index (κ1) is 17.3. The van der Waals surface area contributed by atoms with Crippen LogP contribution in [0.1, 0.15) is 24.5 Å². The molecule has 1 aromatic carbocycles. The molecule has 1 aliphatic rings. The Labute approximate surface area is 149 Å². The Balaban J connectivity index is 1.63. The molecule has 0 bridgehead atoms. The highest BCUT2D eigenvalue weighted by Crippen LogP contribution is 2.40. The smallest absolute Gasteiger partial charge is 0.243 e. The van der Waals surface area contributed by atoms with Crippen LogP contribution >= 0.6 is 22.9 Å². The third-order valence-corrected chi connectivity index (χ3v) is 6.50. The maximum atomic E-state index is 12.4. The highest BCUT2D eigenvalue weighted by Gasteiger charge is 2.27. The molecule has 2 aromatic rings. The van der Waals surface area contributed by atoms with Crippen LogP contribution in [0.2, 0.25) is 5.02 Å². The molecular formula is C15H16ClN3O3S2. The van der Waals surface area contributed by atoms with Crippen molar-refractivity contribution in [3.8, 4) is 0 Å². The second-order valence-corrected chi connectivity index (χ2v) is 8.95. The molecule has 128 valence electrons. The number of carbonyl (C=O) groups is 1. The summed E-state index contributed by atoms with van der Waals surface area (Å²) < 4.78 is 25.8. The number of nitrogens with one attached hydrogen (secondary N) is 1. The summed E-state index contributed by atoms with van der Waals surface area (Å²) in [7, 11) is -2.38. The number of likely N-dealkylation sites (N-methyl/N-ethyl adjacent to an activating group) is 1. The monoisotopic (exact) mass is 385 g/mol. The number of sulfonamides is 1. The van der Waals surface area contributed by atoms with E-state index in [9.17, 15) is 13.2 Å². The number of carbonyl (C=O) groups excluding carboxylic acids is 1. The Kier molecular flexibility index (Phi) is 4.91. The van der Waals surface area contributed by atoms with Crippen molar-refractivity contribution in [1.29, 1.82) is 0 Å². The predicted octanol–water partition coefficient (Wildman–Crippen LogP) is 2.93. The molecule has 0 radical (unpaired) electrons. The van der Waals surface area contributed by atoms with Gasteiger partial charge in [0.1, 0.15) is 0 Å². The Bertz CT molecular complexity index is 845. The number of nitrogens with zero attached hydrogens (tertiary/aromatic N) is 2. The Hall–Kier alpha value is -1.48. The van der Waals surface area contributed by atoms with Crippen LogP contribution in [0.15, 0.2) is 34.5 Å². The zero-order chi connectivity index (χ0) is 17.3. The summed E-state index contributed by atoms with van der Waals surface area (Å²) >= 11 is 7.12. The van der Waals surface area contributed by atoms with E-state index in [1.54, 1.807) is 0 Å². The molecule has 0 unspecified atom stereocenters. The van der Waals surface area contributed by atoms with Crippen LogP contribution in [0.5, 0.6) is 0 Å². The number of rotatable bonds is 6. The molecule has 1 fully saturated rings.